The van der Waals surface area contributed by atoms with E-state index in [1.54, 1.807) is 10.8 Å². The van der Waals surface area contributed by atoms with Crippen LogP contribution in [0.1, 0.15) is 54.1 Å². The molecule has 1 amide bonds. The molecule has 1 aliphatic carbocycles. The van der Waals surface area contributed by atoms with Crippen molar-refractivity contribution in [2.45, 2.75) is 45.6 Å². The molecule has 2 aliphatic rings. The molecular formula is C21H31N3O2. The molecular weight excluding hydrogens is 326 g/mol. The summed E-state index contributed by atoms with van der Waals surface area (Å²) in [6.07, 6.45) is 10.6. The van der Waals surface area contributed by atoms with Gasteiger partial charge in [-0.25, -0.2) is 0 Å². The number of unbranched alkanes of at least 4 members (excludes halogenated alkanes) is 1. The van der Waals surface area contributed by atoms with Gasteiger partial charge in [-0.05, 0) is 57.3 Å². The van der Waals surface area contributed by atoms with Crippen LogP contribution in [0.2, 0.25) is 0 Å². The number of nitrogens with zero attached hydrogens (tertiary/aromatic N) is 3. The van der Waals surface area contributed by atoms with Gasteiger partial charge in [-0.1, -0.05) is 25.5 Å². The Morgan fingerprint density at radius 1 is 1.31 bits per heavy atom. The van der Waals surface area contributed by atoms with Crippen molar-refractivity contribution in [3.63, 3.8) is 0 Å². The van der Waals surface area contributed by atoms with Gasteiger partial charge in [-0.2, -0.15) is 0 Å². The number of carbonyl (C=O) groups is 1. The predicted molar refractivity (Wildman–Crippen MR) is 106 cm³/mol. The summed E-state index contributed by atoms with van der Waals surface area (Å²) in [5.74, 6) is 0.603. The van der Waals surface area contributed by atoms with E-state index in [-0.39, 0.29) is 11.5 Å². The second kappa shape index (κ2) is 8.21. The Morgan fingerprint density at radius 3 is 2.73 bits per heavy atom. The summed E-state index contributed by atoms with van der Waals surface area (Å²) in [4.78, 5) is 30.0. The van der Waals surface area contributed by atoms with Crippen LogP contribution in [0.5, 0.6) is 0 Å². The summed E-state index contributed by atoms with van der Waals surface area (Å²) in [5, 5.41) is 0. The van der Waals surface area contributed by atoms with E-state index in [9.17, 15) is 9.59 Å². The predicted octanol–water partition coefficient (Wildman–Crippen LogP) is 2.63. The molecule has 1 saturated heterocycles. The number of pyridine rings is 1. The average molecular weight is 357 g/mol. The van der Waals surface area contributed by atoms with E-state index < -0.39 is 0 Å². The molecule has 0 unspecified atom stereocenters. The number of piperidine rings is 1. The normalized spacial score (nSPS) is 17.5. The number of rotatable bonds is 6. The number of fused-ring (bicyclic) bond motifs is 1. The quantitative estimate of drug-likeness (QED) is 0.786. The maximum Gasteiger partial charge on any atom is 0.255 e. The Bertz CT molecular complexity index is 742. The van der Waals surface area contributed by atoms with Gasteiger partial charge in [0.2, 0.25) is 0 Å². The van der Waals surface area contributed by atoms with E-state index in [0.717, 1.165) is 56.4 Å². The minimum atomic E-state index is 0.0389. The number of aromatic nitrogens is 1. The van der Waals surface area contributed by atoms with Gasteiger partial charge in [0.1, 0.15) is 0 Å². The number of carbonyl (C=O) groups excluding carboxylic acids is 1. The summed E-state index contributed by atoms with van der Waals surface area (Å²) in [7, 11) is 4.05. The Hall–Kier alpha value is -1.88. The second-order valence-corrected chi connectivity index (χ2v) is 7.83. The van der Waals surface area contributed by atoms with Gasteiger partial charge in [-0.15, -0.1) is 0 Å². The first kappa shape index (κ1) is 18.9. The van der Waals surface area contributed by atoms with E-state index in [1.165, 1.54) is 0 Å². The molecule has 3 rings (SSSR count). The number of allylic oxidation sites excluding steroid dienone is 1. The lowest BCUT2D eigenvalue weighted by Gasteiger charge is -2.32. The van der Waals surface area contributed by atoms with Crippen LogP contribution in [-0.4, -0.2) is 54.0 Å². The average Bonchev–Trinajstić information content (AvgIpc) is 3.13. The van der Waals surface area contributed by atoms with Crippen LogP contribution >= 0.6 is 0 Å². The molecule has 0 saturated carbocycles. The smallest absolute Gasteiger partial charge is 0.255 e. The summed E-state index contributed by atoms with van der Waals surface area (Å²) in [5.41, 5.74) is 2.36. The maximum absolute atomic E-state index is 13.1. The number of hydrogen-bond acceptors (Lipinski definition) is 3. The molecule has 5 heteroatoms. The molecule has 0 atom stereocenters. The van der Waals surface area contributed by atoms with Gasteiger partial charge >= 0.3 is 0 Å². The first-order chi connectivity index (χ1) is 12.5. The number of amides is 1. The maximum atomic E-state index is 13.1. The zero-order chi connectivity index (χ0) is 18.7. The van der Waals surface area contributed by atoms with Gasteiger partial charge in [0.05, 0.1) is 5.56 Å². The molecule has 2 heterocycles. The third-order valence-corrected chi connectivity index (χ3v) is 5.73. The highest BCUT2D eigenvalue weighted by atomic mass is 16.2. The molecule has 0 spiro atoms. The van der Waals surface area contributed by atoms with Crippen molar-refractivity contribution in [3.05, 3.63) is 39.3 Å². The second-order valence-electron chi connectivity index (χ2n) is 7.83. The lowest BCUT2D eigenvalue weighted by molar-refractivity contribution is 0.0746. The van der Waals surface area contributed by atoms with Crippen LogP contribution in [0, 0.1) is 5.92 Å². The Balaban J connectivity index is 1.80. The molecule has 1 fully saturated rings. The van der Waals surface area contributed by atoms with Crippen molar-refractivity contribution in [3.8, 4) is 0 Å². The van der Waals surface area contributed by atoms with E-state index in [2.05, 4.69) is 18.9 Å². The van der Waals surface area contributed by atoms with Crippen molar-refractivity contribution in [1.29, 1.82) is 0 Å². The molecule has 0 aromatic carbocycles. The highest BCUT2D eigenvalue weighted by molar-refractivity contribution is 5.98. The first-order valence-electron chi connectivity index (χ1n) is 9.88. The molecule has 0 N–H and O–H groups in total. The summed E-state index contributed by atoms with van der Waals surface area (Å²) < 4.78 is 1.74. The SMILES string of the molecule is CCCCn1cc(C(=O)N(C)CC2CCN(C)CC2)c2c(c1=O)CC=C2. The van der Waals surface area contributed by atoms with E-state index in [1.807, 2.05) is 24.1 Å². The molecule has 5 nitrogen and oxygen atoms in total. The Morgan fingerprint density at radius 2 is 2.04 bits per heavy atom. The topological polar surface area (TPSA) is 45.6 Å². The van der Waals surface area contributed by atoms with Crippen molar-refractivity contribution in [2.75, 3.05) is 33.7 Å². The molecule has 26 heavy (non-hydrogen) atoms. The van der Waals surface area contributed by atoms with E-state index in [0.29, 0.717) is 24.4 Å². The fraction of sp³-hybridized carbons (Fsp3) is 0.619. The number of aryl methyl sites for hydroxylation is 1. The van der Waals surface area contributed by atoms with Crippen molar-refractivity contribution >= 4 is 12.0 Å². The van der Waals surface area contributed by atoms with Gasteiger partial charge in [0, 0.05) is 31.9 Å². The molecule has 142 valence electrons. The van der Waals surface area contributed by atoms with Gasteiger partial charge in [0.15, 0.2) is 0 Å². The van der Waals surface area contributed by atoms with Gasteiger partial charge in [0.25, 0.3) is 11.5 Å². The Labute approximate surface area is 156 Å². The highest BCUT2D eigenvalue weighted by Gasteiger charge is 2.25. The number of likely N-dealkylation sites (tertiary alicyclic amines) is 1. The van der Waals surface area contributed by atoms with Gasteiger partial charge in [-0.3, -0.25) is 9.59 Å². The lowest BCUT2D eigenvalue weighted by Crippen LogP contribution is -2.38. The molecule has 1 aliphatic heterocycles. The summed E-state index contributed by atoms with van der Waals surface area (Å²) in [6.45, 7) is 5.79. The van der Waals surface area contributed by atoms with E-state index >= 15 is 0 Å². The van der Waals surface area contributed by atoms with E-state index in [4.69, 9.17) is 0 Å². The van der Waals surface area contributed by atoms with Crippen LogP contribution in [0.3, 0.4) is 0 Å². The zero-order valence-electron chi connectivity index (χ0n) is 16.3. The van der Waals surface area contributed by atoms with Crippen molar-refractivity contribution in [1.82, 2.24) is 14.4 Å². The van der Waals surface area contributed by atoms with Crippen LogP contribution in [0.15, 0.2) is 17.1 Å². The van der Waals surface area contributed by atoms with Crippen molar-refractivity contribution < 1.29 is 4.79 Å². The molecule has 0 radical (unpaired) electrons. The monoisotopic (exact) mass is 357 g/mol. The zero-order valence-corrected chi connectivity index (χ0v) is 16.3. The van der Waals surface area contributed by atoms with Gasteiger partial charge < -0.3 is 14.4 Å². The first-order valence-corrected chi connectivity index (χ1v) is 9.88. The fourth-order valence-corrected chi connectivity index (χ4v) is 4.00. The summed E-state index contributed by atoms with van der Waals surface area (Å²) >= 11 is 0. The molecule has 1 aromatic rings. The minimum Gasteiger partial charge on any atom is -0.341 e. The van der Waals surface area contributed by atoms with Crippen LogP contribution < -0.4 is 5.56 Å². The van der Waals surface area contributed by atoms with Crippen LogP contribution in [-0.2, 0) is 13.0 Å². The lowest BCUT2D eigenvalue weighted by atomic mass is 9.96. The fourth-order valence-electron chi connectivity index (χ4n) is 4.00. The largest absolute Gasteiger partial charge is 0.341 e. The minimum absolute atomic E-state index is 0.0389. The van der Waals surface area contributed by atoms with Crippen molar-refractivity contribution in [2.24, 2.45) is 5.92 Å². The summed E-state index contributed by atoms with van der Waals surface area (Å²) in [6, 6.07) is 0. The van der Waals surface area contributed by atoms with Crippen LogP contribution in [0.4, 0.5) is 0 Å². The standard InChI is InChI=1S/C21H31N3O2/c1-4-5-11-24-15-19(17-7-6-8-18(17)21(24)26)20(25)23(3)14-16-9-12-22(2)13-10-16/h6-7,15-16H,4-5,8-14H2,1-3H3. The highest BCUT2D eigenvalue weighted by Crippen LogP contribution is 2.23. The third kappa shape index (κ3) is 3.93. The Kier molecular flexibility index (Phi) is 5.97. The van der Waals surface area contributed by atoms with Crippen LogP contribution in [0.25, 0.3) is 6.08 Å². The molecule has 0 bridgehead atoms. The third-order valence-electron chi connectivity index (χ3n) is 5.73. The number of hydrogen-bond donors (Lipinski definition) is 0. The molecule has 1 aromatic heterocycles.